The van der Waals surface area contributed by atoms with Crippen LogP contribution in [-0.4, -0.2) is 97.4 Å². The molecule has 0 bridgehead atoms. The number of hydrogen-bond acceptors (Lipinski definition) is 11. The smallest absolute Gasteiger partial charge is 0.457 e. The lowest BCUT2D eigenvalue weighted by molar-refractivity contribution is -0.220. The number of allylic oxidation sites excluding steroid dienone is 8. The van der Waals surface area contributed by atoms with Crippen molar-refractivity contribution in [3.63, 3.8) is 0 Å². The third-order valence-electron chi connectivity index (χ3n) is 6.46. The Labute approximate surface area is 248 Å². The summed E-state index contributed by atoms with van der Waals surface area (Å²) in [5, 5.41) is 58.3. The minimum atomic E-state index is -5.02. The van der Waals surface area contributed by atoms with Gasteiger partial charge in [0.15, 0.2) is 0 Å². The Morgan fingerprint density at radius 3 is 1.74 bits per heavy atom. The second-order valence-electron chi connectivity index (χ2n) is 10.1. The summed E-state index contributed by atoms with van der Waals surface area (Å²) >= 11 is 0. The lowest BCUT2D eigenvalue weighted by Crippen LogP contribution is -2.64. The van der Waals surface area contributed by atoms with Gasteiger partial charge in [0.05, 0.1) is 13.2 Å². The fraction of sp³-hybridized carbons (Fsp3) is 0.690. The molecule has 0 amide bonds. The summed E-state index contributed by atoms with van der Waals surface area (Å²) in [5.41, 5.74) is 0. The van der Waals surface area contributed by atoms with Crippen molar-refractivity contribution in [1.29, 1.82) is 0 Å². The van der Waals surface area contributed by atoms with Crippen LogP contribution in [0.1, 0.15) is 71.1 Å². The second kappa shape index (κ2) is 21.9. The molecule has 0 spiro atoms. The largest absolute Gasteiger partial charge is 0.472 e. The molecule has 12 nitrogen and oxygen atoms in total. The fourth-order valence-corrected chi connectivity index (χ4v) is 4.95. The molecule has 0 heterocycles. The molecule has 1 saturated carbocycles. The Bertz CT molecular complexity index is 889. The number of carbonyl (C=O) groups excluding carboxylic acids is 1. The van der Waals surface area contributed by atoms with Gasteiger partial charge < -0.3 is 40.3 Å². The van der Waals surface area contributed by atoms with Gasteiger partial charge in [-0.25, -0.2) is 4.57 Å². The summed E-state index contributed by atoms with van der Waals surface area (Å²) in [6, 6.07) is 0. The number of unbranched alkanes of at least 4 members (excludes halogenated alkanes) is 4. The van der Waals surface area contributed by atoms with E-state index in [-0.39, 0.29) is 6.42 Å². The van der Waals surface area contributed by atoms with Crippen LogP contribution in [-0.2, 0) is 23.1 Å². The number of ether oxygens (including phenoxy) is 1. The van der Waals surface area contributed by atoms with Crippen LogP contribution in [0.4, 0.5) is 0 Å². The number of esters is 1. The maximum absolute atomic E-state index is 12.2. The first-order valence-corrected chi connectivity index (χ1v) is 16.0. The van der Waals surface area contributed by atoms with Crippen molar-refractivity contribution in [2.75, 3.05) is 13.2 Å². The van der Waals surface area contributed by atoms with E-state index in [1.54, 1.807) is 0 Å². The van der Waals surface area contributed by atoms with Crippen LogP contribution in [0.15, 0.2) is 48.6 Å². The first-order chi connectivity index (χ1) is 20.0. The van der Waals surface area contributed by atoms with Crippen LogP contribution in [0.5, 0.6) is 0 Å². The number of aliphatic hydroxyl groups is 6. The van der Waals surface area contributed by atoms with Crippen molar-refractivity contribution in [3.8, 4) is 0 Å². The van der Waals surface area contributed by atoms with E-state index in [0.717, 1.165) is 25.7 Å². The average molecular weight is 621 g/mol. The van der Waals surface area contributed by atoms with Crippen LogP contribution in [0.2, 0.25) is 0 Å². The third-order valence-corrected chi connectivity index (χ3v) is 7.45. The van der Waals surface area contributed by atoms with Crippen LogP contribution >= 0.6 is 7.82 Å². The Morgan fingerprint density at radius 1 is 0.762 bits per heavy atom. The normalized spacial score (nSPS) is 27.3. The predicted molar refractivity (Wildman–Crippen MR) is 156 cm³/mol. The highest BCUT2D eigenvalue weighted by Gasteiger charge is 2.51. The summed E-state index contributed by atoms with van der Waals surface area (Å²) in [4.78, 5) is 22.0. The molecular formula is C29H49O12P. The Hall–Kier alpha value is -1.70. The average Bonchev–Trinajstić information content (AvgIpc) is 2.97. The first kappa shape index (κ1) is 38.3. The maximum Gasteiger partial charge on any atom is 0.472 e. The summed E-state index contributed by atoms with van der Waals surface area (Å²) in [7, 11) is -5.02. The molecule has 0 radical (unpaired) electrons. The number of phosphoric ester groups is 1. The number of phosphoric acid groups is 1. The molecular weight excluding hydrogens is 571 g/mol. The Morgan fingerprint density at radius 2 is 1.24 bits per heavy atom. The number of carbonyl (C=O) groups is 1. The van der Waals surface area contributed by atoms with Crippen LogP contribution < -0.4 is 0 Å². The van der Waals surface area contributed by atoms with E-state index in [1.165, 1.54) is 19.3 Å². The molecule has 1 fully saturated rings. The van der Waals surface area contributed by atoms with E-state index in [9.17, 15) is 44.9 Å². The molecule has 0 aromatic carbocycles. The fourth-order valence-electron chi connectivity index (χ4n) is 3.98. The Balaban J connectivity index is 2.25. The van der Waals surface area contributed by atoms with Crippen molar-refractivity contribution < 1.29 is 58.7 Å². The number of rotatable bonds is 21. The van der Waals surface area contributed by atoms with Crippen molar-refractivity contribution in [2.45, 2.75) is 114 Å². The van der Waals surface area contributed by atoms with Gasteiger partial charge in [0, 0.05) is 6.42 Å². The molecule has 1 rings (SSSR count). The van der Waals surface area contributed by atoms with E-state index in [1.807, 2.05) is 12.2 Å². The summed E-state index contributed by atoms with van der Waals surface area (Å²) in [6.07, 6.45) is 12.4. The zero-order chi connectivity index (χ0) is 31.4. The Kier molecular flexibility index (Phi) is 20.0. The van der Waals surface area contributed by atoms with Gasteiger partial charge in [0.2, 0.25) is 0 Å². The van der Waals surface area contributed by atoms with Crippen molar-refractivity contribution >= 4 is 13.8 Å². The van der Waals surface area contributed by atoms with Gasteiger partial charge in [-0.15, -0.1) is 0 Å². The van der Waals surface area contributed by atoms with Crippen LogP contribution in [0, 0.1) is 0 Å². The van der Waals surface area contributed by atoms with E-state index in [2.05, 4.69) is 47.9 Å². The summed E-state index contributed by atoms with van der Waals surface area (Å²) in [6.45, 7) is 0.728. The molecule has 0 aromatic rings. The van der Waals surface area contributed by atoms with E-state index in [4.69, 9.17) is 9.26 Å². The minimum Gasteiger partial charge on any atom is -0.457 e. The van der Waals surface area contributed by atoms with E-state index < -0.39 is 69.7 Å². The molecule has 13 heteroatoms. The monoisotopic (exact) mass is 620 g/mol. The minimum absolute atomic E-state index is 0.0420. The van der Waals surface area contributed by atoms with Gasteiger partial charge in [0.1, 0.15) is 42.7 Å². The zero-order valence-corrected chi connectivity index (χ0v) is 25.2. The van der Waals surface area contributed by atoms with Crippen LogP contribution in [0.3, 0.4) is 0 Å². The number of hydrogen-bond donors (Lipinski definition) is 7. The molecule has 7 N–H and O–H groups in total. The van der Waals surface area contributed by atoms with Gasteiger partial charge in [-0.2, -0.15) is 0 Å². The standard InChI is InChI=1S/C29H49O12P/c1-2-3-4-5-6-7-8-9-10-11-12-13-14-15-16-17-18-19-23(31)40-22(20-30)21-39-42(37,38)41-29-27(35)25(33)24(32)26(34)28(29)36/h6-7,9-10,12-13,15-16,22,24-30,32-36H,2-5,8,11,14,17-21H2,1H3,(H,37,38)/b7-6-,10-9-,13-12-,16-15-. The molecule has 0 aromatic heterocycles. The maximum atomic E-state index is 12.2. The highest BCUT2D eigenvalue weighted by Crippen LogP contribution is 2.47. The highest BCUT2D eigenvalue weighted by molar-refractivity contribution is 7.47. The van der Waals surface area contributed by atoms with E-state index in [0.29, 0.717) is 12.8 Å². The van der Waals surface area contributed by atoms with Gasteiger partial charge in [-0.05, 0) is 44.9 Å². The first-order valence-electron chi connectivity index (χ1n) is 14.5. The molecule has 42 heavy (non-hydrogen) atoms. The van der Waals surface area contributed by atoms with Gasteiger partial charge in [0.25, 0.3) is 0 Å². The van der Waals surface area contributed by atoms with Crippen molar-refractivity contribution in [1.82, 2.24) is 0 Å². The SMILES string of the molecule is CCCCC/C=C\C/C=C\C/C=C\C/C=C\CCCC(=O)OC(CO)COP(=O)(O)OC1C(O)C(O)C(O)C(O)C1O. The summed E-state index contributed by atoms with van der Waals surface area (Å²) < 4.78 is 26.7. The lowest BCUT2D eigenvalue weighted by atomic mass is 9.85. The molecule has 242 valence electrons. The zero-order valence-electron chi connectivity index (χ0n) is 24.3. The summed E-state index contributed by atoms with van der Waals surface area (Å²) in [5.74, 6) is -0.652. The quantitative estimate of drug-likeness (QED) is 0.0428. The number of aliphatic hydroxyl groups excluding tert-OH is 6. The van der Waals surface area contributed by atoms with Crippen molar-refractivity contribution in [2.24, 2.45) is 0 Å². The second-order valence-corrected chi connectivity index (χ2v) is 11.5. The molecule has 6 atom stereocenters. The third kappa shape index (κ3) is 15.7. The molecule has 1 aliphatic rings. The van der Waals surface area contributed by atoms with Gasteiger partial charge in [-0.1, -0.05) is 68.4 Å². The van der Waals surface area contributed by atoms with E-state index >= 15 is 0 Å². The molecule has 6 unspecified atom stereocenters. The predicted octanol–water partition coefficient (Wildman–Crippen LogP) is 2.36. The van der Waals surface area contributed by atoms with Crippen LogP contribution in [0.25, 0.3) is 0 Å². The van der Waals surface area contributed by atoms with Gasteiger partial charge in [-0.3, -0.25) is 13.8 Å². The lowest BCUT2D eigenvalue weighted by Gasteiger charge is -2.41. The highest BCUT2D eigenvalue weighted by atomic mass is 31.2. The molecule has 0 saturated heterocycles. The molecule has 1 aliphatic carbocycles. The topological polar surface area (TPSA) is 203 Å². The molecule has 0 aliphatic heterocycles. The van der Waals surface area contributed by atoms with Gasteiger partial charge >= 0.3 is 13.8 Å². The van der Waals surface area contributed by atoms with Crippen molar-refractivity contribution in [3.05, 3.63) is 48.6 Å².